The van der Waals surface area contributed by atoms with Crippen LogP contribution in [0.25, 0.3) is 0 Å². The fourth-order valence-electron chi connectivity index (χ4n) is 3.75. The van der Waals surface area contributed by atoms with Gasteiger partial charge in [-0.25, -0.2) is 9.36 Å². The van der Waals surface area contributed by atoms with Crippen molar-refractivity contribution < 1.29 is 37.5 Å². The van der Waals surface area contributed by atoms with Gasteiger partial charge in [0.2, 0.25) is 5.82 Å². The van der Waals surface area contributed by atoms with Gasteiger partial charge in [-0.15, -0.1) is 0 Å². The topological polar surface area (TPSA) is 157 Å². The number of aliphatic hydroxyl groups is 1. The zero-order valence-corrected chi connectivity index (χ0v) is 20.4. The smallest absolute Gasteiger partial charge is 0.379 e. The van der Waals surface area contributed by atoms with Gasteiger partial charge in [0.25, 0.3) is 5.56 Å². The zero-order chi connectivity index (χ0) is 25.4. The second-order valence-electron chi connectivity index (χ2n) is 8.48. The van der Waals surface area contributed by atoms with Gasteiger partial charge in [-0.3, -0.25) is 28.2 Å². The Kier molecular flexibility index (Phi) is 10.8. The summed E-state index contributed by atoms with van der Waals surface area (Å²) in [6.07, 6.45) is 5.64. The van der Waals surface area contributed by atoms with Gasteiger partial charge in [-0.05, 0) is 13.3 Å². The molecule has 0 aliphatic carbocycles. The molecule has 3 N–H and O–H groups in total. The molecule has 0 saturated carbocycles. The number of nitrogens with one attached hydrogen (secondary N) is 1. The number of unbranched alkanes of at least 4 members (excludes halogenated alkanes) is 7. The Morgan fingerprint density at radius 3 is 2.47 bits per heavy atom. The van der Waals surface area contributed by atoms with Gasteiger partial charge in [-0.2, -0.15) is 4.39 Å². The lowest BCUT2D eigenvalue weighted by Gasteiger charge is -2.25. The average molecular weight is 508 g/mol. The number of Topliss-reactive ketones (excluding diaryl/α,β-unsaturated/α-hetero) is 1. The molecule has 2 heterocycles. The third-order valence-electron chi connectivity index (χ3n) is 5.83. The summed E-state index contributed by atoms with van der Waals surface area (Å²) in [7, 11) is -4.50. The Balaban J connectivity index is 1.88. The van der Waals surface area contributed by atoms with E-state index in [4.69, 9.17) is 13.8 Å². The van der Waals surface area contributed by atoms with Crippen LogP contribution in [0.1, 0.15) is 77.9 Å². The summed E-state index contributed by atoms with van der Waals surface area (Å²) in [5.74, 6) is -2.00. The first-order chi connectivity index (χ1) is 16.0. The number of hydrogen-bond donors (Lipinski definition) is 3. The van der Waals surface area contributed by atoms with E-state index in [-0.39, 0.29) is 6.61 Å². The molecular weight excluding hydrogens is 474 g/mol. The number of phosphoric acid groups is 1. The fourth-order valence-corrected chi connectivity index (χ4v) is 4.51. The highest BCUT2D eigenvalue weighted by Gasteiger charge is 2.52. The lowest BCUT2D eigenvalue weighted by molar-refractivity contribution is -0.144. The highest BCUT2D eigenvalue weighted by Crippen LogP contribution is 2.46. The van der Waals surface area contributed by atoms with Crippen LogP contribution < -0.4 is 11.2 Å². The Labute approximate surface area is 196 Å². The van der Waals surface area contributed by atoms with Crippen LogP contribution >= 0.6 is 7.82 Å². The molecule has 0 aromatic carbocycles. The highest BCUT2D eigenvalue weighted by molar-refractivity contribution is 7.47. The fraction of sp³-hybridized carbons (Fsp3) is 0.762. The number of rotatable bonds is 15. The van der Waals surface area contributed by atoms with Crippen LogP contribution in [0.5, 0.6) is 0 Å². The number of halogens is 1. The monoisotopic (exact) mass is 508 g/mol. The van der Waals surface area contributed by atoms with Crippen LogP contribution in [-0.4, -0.2) is 50.3 Å². The summed E-state index contributed by atoms with van der Waals surface area (Å²) in [6, 6.07) is 0. The molecule has 2 rings (SSSR count). The lowest BCUT2D eigenvalue weighted by atomic mass is 9.91. The van der Waals surface area contributed by atoms with Crippen molar-refractivity contribution in [1.29, 1.82) is 0 Å². The minimum absolute atomic E-state index is 0.0000873. The predicted octanol–water partition coefficient (Wildman–Crippen LogP) is 2.56. The normalized spacial score (nSPS) is 24.3. The van der Waals surface area contributed by atoms with Gasteiger partial charge in [0, 0.05) is 6.42 Å². The molecule has 1 fully saturated rings. The van der Waals surface area contributed by atoms with Crippen LogP contribution in [0.4, 0.5) is 4.39 Å². The highest BCUT2D eigenvalue weighted by atomic mass is 31.2. The van der Waals surface area contributed by atoms with E-state index in [0.717, 1.165) is 32.6 Å². The number of phosphoric ester groups is 1. The van der Waals surface area contributed by atoms with Crippen molar-refractivity contribution in [2.45, 2.75) is 89.6 Å². The SMILES string of the molecule is CCCCCCCCCCOP(=O)(O)OC[C@H]1O[C@@H](n2cc(F)c(=O)[nH]c2=O)C[C@@]1(O)C(C)=O. The van der Waals surface area contributed by atoms with Crippen molar-refractivity contribution in [1.82, 2.24) is 9.55 Å². The number of carbonyl (C=O) groups excluding carboxylic acids is 1. The maximum absolute atomic E-state index is 13.6. The number of aromatic amines is 1. The Hall–Kier alpha value is -1.69. The van der Waals surface area contributed by atoms with Crippen LogP contribution in [0, 0.1) is 5.82 Å². The third kappa shape index (κ3) is 7.93. The summed E-state index contributed by atoms with van der Waals surface area (Å²) < 4.78 is 41.9. The average Bonchev–Trinajstić information content (AvgIpc) is 3.11. The van der Waals surface area contributed by atoms with Crippen molar-refractivity contribution in [3.63, 3.8) is 0 Å². The molecule has 1 aromatic rings. The quantitative estimate of drug-likeness (QED) is 0.239. The van der Waals surface area contributed by atoms with Gasteiger partial charge in [0.1, 0.15) is 12.3 Å². The first kappa shape index (κ1) is 28.5. The molecule has 11 nitrogen and oxygen atoms in total. The van der Waals surface area contributed by atoms with E-state index in [0.29, 0.717) is 17.2 Å². The number of H-pyrrole nitrogens is 1. The standard InChI is InChI=1S/C21H34FN2O9P/c1-3-4-5-6-7-8-9-10-11-31-34(29,30)32-14-17-21(28,15(2)25)12-18(33-17)24-13-16(22)19(26)23-20(24)27/h13,17-18,28H,3-12,14H2,1-2H3,(H,29,30)(H,23,26,27)/t17-,18-,21-/m1/s1. The van der Waals surface area contributed by atoms with Gasteiger partial charge in [0.15, 0.2) is 11.4 Å². The van der Waals surface area contributed by atoms with Crippen LogP contribution in [0.3, 0.4) is 0 Å². The number of carbonyl (C=O) groups is 1. The van der Waals surface area contributed by atoms with Gasteiger partial charge >= 0.3 is 13.5 Å². The molecule has 13 heteroatoms. The maximum atomic E-state index is 13.6. The summed E-state index contributed by atoms with van der Waals surface area (Å²) in [5.41, 5.74) is -4.41. The maximum Gasteiger partial charge on any atom is 0.472 e. The number of ketones is 1. The van der Waals surface area contributed by atoms with E-state index in [1.165, 1.54) is 19.3 Å². The molecular formula is C21H34FN2O9P. The van der Waals surface area contributed by atoms with Gasteiger partial charge in [0.05, 0.1) is 19.4 Å². The van der Waals surface area contributed by atoms with E-state index < -0.39 is 61.6 Å². The Morgan fingerprint density at radius 1 is 1.24 bits per heavy atom. The first-order valence-corrected chi connectivity index (χ1v) is 13.0. The Morgan fingerprint density at radius 2 is 1.85 bits per heavy atom. The Bertz CT molecular complexity index is 982. The molecule has 0 bridgehead atoms. The number of nitrogens with zero attached hydrogens (tertiary/aromatic N) is 1. The molecule has 4 atom stereocenters. The molecule has 0 spiro atoms. The van der Waals surface area contributed by atoms with E-state index in [1.54, 1.807) is 4.98 Å². The van der Waals surface area contributed by atoms with Crippen molar-refractivity contribution in [3.05, 3.63) is 32.9 Å². The van der Waals surface area contributed by atoms with E-state index in [2.05, 4.69) is 6.92 Å². The number of aromatic nitrogens is 2. The second kappa shape index (κ2) is 12.9. The minimum Gasteiger partial charge on any atom is -0.379 e. The molecule has 194 valence electrons. The molecule has 1 aromatic heterocycles. The number of ether oxygens (including phenoxy) is 1. The van der Waals surface area contributed by atoms with Crippen molar-refractivity contribution in [2.75, 3.05) is 13.2 Å². The molecule has 34 heavy (non-hydrogen) atoms. The largest absolute Gasteiger partial charge is 0.472 e. The zero-order valence-electron chi connectivity index (χ0n) is 19.5. The molecule has 0 amide bonds. The summed E-state index contributed by atoms with van der Waals surface area (Å²) in [5, 5.41) is 10.8. The van der Waals surface area contributed by atoms with E-state index in [1.807, 2.05) is 0 Å². The van der Waals surface area contributed by atoms with Crippen LogP contribution in [0.2, 0.25) is 0 Å². The second-order valence-corrected chi connectivity index (χ2v) is 9.93. The number of hydrogen-bond acceptors (Lipinski definition) is 8. The van der Waals surface area contributed by atoms with Crippen molar-refractivity contribution in [3.8, 4) is 0 Å². The predicted molar refractivity (Wildman–Crippen MR) is 120 cm³/mol. The van der Waals surface area contributed by atoms with Crippen LogP contribution in [0.15, 0.2) is 15.8 Å². The lowest BCUT2D eigenvalue weighted by Crippen LogP contribution is -2.47. The van der Waals surface area contributed by atoms with Gasteiger partial charge in [-0.1, -0.05) is 51.9 Å². The van der Waals surface area contributed by atoms with Gasteiger partial charge < -0.3 is 14.7 Å². The molecule has 0 radical (unpaired) electrons. The molecule has 1 aliphatic rings. The summed E-state index contributed by atoms with van der Waals surface area (Å²) >= 11 is 0. The third-order valence-corrected chi connectivity index (χ3v) is 6.81. The van der Waals surface area contributed by atoms with Crippen LogP contribution in [-0.2, 0) is 23.1 Å². The van der Waals surface area contributed by atoms with Crippen molar-refractivity contribution >= 4 is 13.6 Å². The molecule has 1 aliphatic heterocycles. The summed E-state index contributed by atoms with van der Waals surface area (Å²) in [6.45, 7) is 2.53. The van der Waals surface area contributed by atoms with Crippen molar-refractivity contribution in [2.24, 2.45) is 0 Å². The molecule has 1 saturated heterocycles. The summed E-state index contributed by atoms with van der Waals surface area (Å²) in [4.78, 5) is 47.0. The first-order valence-electron chi connectivity index (χ1n) is 11.5. The van der Waals surface area contributed by atoms with E-state index in [9.17, 15) is 33.3 Å². The minimum atomic E-state index is -4.50. The van der Waals surface area contributed by atoms with E-state index >= 15 is 0 Å². The molecule has 1 unspecified atom stereocenters.